The molecule has 1 aliphatic carbocycles. The van der Waals surface area contributed by atoms with Crippen LogP contribution in [0.15, 0.2) is 16.8 Å². The molecule has 0 spiro atoms. The van der Waals surface area contributed by atoms with Crippen LogP contribution in [0.1, 0.15) is 68.1 Å². The number of amides is 1. The summed E-state index contributed by atoms with van der Waals surface area (Å²) >= 11 is 0. The highest BCUT2D eigenvalue weighted by atomic mass is 16.5. The second-order valence-corrected chi connectivity index (χ2v) is 8.31. The van der Waals surface area contributed by atoms with Gasteiger partial charge in [0, 0.05) is 30.4 Å². The molecule has 1 aliphatic heterocycles. The van der Waals surface area contributed by atoms with Crippen LogP contribution in [0.4, 0.5) is 0 Å². The number of rotatable bonds is 6. The van der Waals surface area contributed by atoms with Crippen molar-refractivity contribution in [3.05, 3.63) is 23.7 Å². The van der Waals surface area contributed by atoms with E-state index in [2.05, 4.69) is 27.4 Å². The fraction of sp³-hybridized carbons (Fsp3) is 0.667. The standard InChI is InChI=1S/C21H31N5O2/c1-3-26-16(2)17(14-22-26)18-13-19(28-24-18)20(27)23-21(9-5-4-6-10-21)15-25-11-7-8-12-25/h13-14H,3-12,15H2,1-2H3,(H,23,27). The first-order chi connectivity index (χ1) is 13.6. The van der Waals surface area contributed by atoms with Crippen molar-refractivity contribution in [2.75, 3.05) is 19.6 Å². The Morgan fingerprint density at radius 2 is 1.96 bits per heavy atom. The smallest absolute Gasteiger partial charge is 0.290 e. The van der Waals surface area contributed by atoms with Crippen molar-refractivity contribution in [1.29, 1.82) is 0 Å². The second-order valence-electron chi connectivity index (χ2n) is 8.31. The van der Waals surface area contributed by atoms with E-state index in [4.69, 9.17) is 4.52 Å². The molecule has 1 saturated heterocycles. The van der Waals surface area contributed by atoms with Gasteiger partial charge < -0.3 is 14.7 Å². The zero-order valence-corrected chi connectivity index (χ0v) is 17.0. The number of carbonyl (C=O) groups excluding carboxylic acids is 1. The third-order valence-electron chi connectivity index (χ3n) is 6.33. The van der Waals surface area contributed by atoms with Gasteiger partial charge in [0.15, 0.2) is 0 Å². The number of carbonyl (C=O) groups is 1. The van der Waals surface area contributed by atoms with Crippen molar-refractivity contribution in [2.24, 2.45) is 0 Å². The van der Waals surface area contributed by atoms with Gasteiger partial charge in [-0.2, -0.15) is 5.10 Å². The Morgan fingerprint density at radius 1 is 1.21 bits per heavy atom. The molecule has 2 aliphatic rings. The molecule has 152 valence electrons. The van der Waals surface area contributed by atoms with Crippen molar-refractivity contribution in [3.8, 4) is 11.3 Å². The summed E-state index contributed by atoms with van der Waals surface area (Å²) in [4.78, 5) is 15.5. The van der Waals surface area contributed by atoms with E-state index in [1.54, 1.807) is 12.3 Å². The van der Waals surface area contributed by atoms with E-state index >= 15 is 0 Å². The molecular formula is C21H31N5O2. The summed E-state index contributed by atoms with van der Waals surface area (Å²) in [5.41, 5.74) is 2.46. The molecule has 0 aromatic carbocycles. The molecule has 0 atom stereocenters. The maximum absolute atomic E-state index is 13.0. The zero-order chi connectivity index (χ0) is 19.6. The maximum atomic E-state index is 13.0. The van der Waals surface area contributed by atoms with Crippen molar-refractivity contribution >= 4 is 5.91 Å². The summed E-state index contributed by atoms with van der Waals surface area (Å²) in [5, 5.41) is 11.8. The Balaban J connectivity index is 1.50. The quantitative estimate of drug-likeness (QED) is 0.825. The second kappa shape index (κ2) is 8.07. The summed E-state index contributed by atoms with van der Waals surface area (Å²) < 4.78 is 7.34. The van der Waals surface area contributed by atoms with Gasteiger partial charge in [0.05, 0.1) is 11.7 Å². The lowest BCUT2D eigenvalue weighted by Gasteiger charge is -2.40. The maximum Gasteiger partial charge on any atom is 0.290 e. The summed E-state index contributed by atoms with van der Waals surface area (Å²) in [6.45, 7) is 8.09. The number of nitrogens with zero attached hydrogens (tertiary/aromatic N) is 4. The molecule has 0 radical (unpaired) electrons. The van der Waals surface area contributed by atoms with Gasteiger partial charge in [-0.15, -0.1) is 0 Å². The van der Waals surface area contributed by atoms with Gasteiger partial charge in [-0.1, -0.05) is 24.4 Å². The first-order valence-corrected chi connectivity index (χ1v) is 10.6. The fourth-order valence-electron chi connectivity index (χ4n) is 4.75. The Labute approximate surface area is 166 Å². The predicted molar refractivity (Wildman–Crippen MR) is 107 cm³/mol. The lowest BCUT2D eigenvalue weighted by atomic mass is 9.81. The topological polar surface area (TPSA) is 76.2 Å². The molecule has 28 heavy (non-hydrogen) atoms. The highest BCUT2D eigenvalue weighted by molar-refractivity contribution is 5.93. The van der Waals surface area contributed by atoms with E-state index < -0.39 is 0 Å². The molecule has 4 rings (SSSR count). The zero-order valence-electron chi connectivity index (χ0n) is 17.0. The molecule has 2 fully saturated rings. The summed E-state index contributed by atoms with van der Waals surface area (Å²) in [7, 11) is 0. The Morgan fingerprint density at radius 3 is 2.64 bits per heavy atom. The highest BCUT2D eigenvalue weighted by Crippen LogP contribution is 2.31. The Hall–Kier alpha value is -2.15. The van der Waals surface area contributed by atoms with E-state index in [1.165, 1.54) is 32.1 Å². The molecule has 1 amide bonds. The minimum Gasteiger partial charge on any atom is -0.350 e. The van der Waals surface area contributed by atoms with E-state index in [1.807, 2.05) is 11.6 Å². The average molecular weight is 386 g/mol. The van der Waals surface area contributed by atoms with Crippen LogP contribution in [0.2, 0.25) is 0 Å². The van der Waals surface area contributed by atoms with Crippen LogP contribution < -0.4 is 5.32 Å². The van der Waals surface area contributed by atoms with Crippen molar-refractivity contribution < 1.29 is 9.32 Å². The number of hydrogen-bond donors (Lipinski definition) is 1. The molecule has 3 heterocycles. The van der Waals surface area contributed by atoms with E-state index in [9.17, 15) is 4.79 Å². The van der Waals surface area contributed by atoms with Crippen LogP contribution in [0, 0.1) is 6.92 Å². The van der Waals surface area contributed by atoms with Crippen molar-refractivity contribution in [3.63, 3.8) is 0 Å². The van der Waals surface area contributed by atoms with Gasteiger partial charge in [0.25, 0.3) is 5.91 Å². The predicted octanol–water partition coefficient (Wildman–Crippen LogP) is 3.39. The molecule has 2 aromatic rings. The first-order valence-electron chi connectivity index (χ1n) is 10.6. The lowest BCUT2D eigenvalue weighted by Crippen LogP contribution is -2.56. The molecule has 2 aromatic heterocycles. The molecule has 7 heteroatoms. The Bertz CT molecular complexity index is 813. The van der Waals surface area contributed by atoms with E-state index in [0.29, 0.717) is 5.69 Å². The molecule has 0 unspecified atom stereocenters. The largest absolute Gasteiger partial charge is 0.350 e. The fourth-order valence-corrected chi connectivity index (χ4v) is 4.75. The number of hydrogen-bond acceptors (Lipinski definition) is 5. The van der Waals surface area contributed by atoms with Gasteiger partial charge in [-0.3, -0.25) is 9.48 Å². The number of nitrogens with one attached hydrogen (secondary N) is 1. The first kappa shape index (κ1) is 19.2. The third-order valence-corrected chi connectivity index (χ3v) is 6.33. The van der Waals surface area contributed by atoms with E-state index in [-0.39, 0.29) is 17.2 Å². The molecule has 1 saturated carbocycles. The normalized spacial score (nSPS) is 19.8. The SMILES string of the molecule is CCn1ncc(-c2cc(C(=O)NC3(CN4CCCC4)CCCCC3)on2)c1C. The van der Waals surface area contributed by atoms with Gasteiger partial charge in [-0.05, 0) is 52.6 Å². The summed E-state index contributed by atoms with van der Waals surface area (Å²) in [5.74, 6) is 0.130. The van der Waals surface area contributed by atoms with Gasteiger partial charge in [0.2, 0.25) is 5.76 Å². The van der Waals surface area contributed by atoms with Crippen LogP contribution >= 0.6 is 0 Å². The average Bonchev–Trinajstić information content (AvgIpc) is 3.43. The number of aryl methyl sites for hydroxylation is 1. The van der Waals surface area contributed by atoms with Crippen molar-refractivity contribution in [2.45, 2.75) is 70.9 Å². The highest BCUT2D eigenvalue weighted by Gasteiger charge is 2.37. The monoisotopic (exact) mass is 385 g/mol. The molecular weight excluding hydrogens is 354 g/mol. The van der Waals surface area contributed by atoms with Crippen molar-refractivity contribution in [1.82, 2.24) is 25.2 Å². The minimum absolute atomic E-state index is 0.143. The number of likely N-dealkylation sites (tertiary alicyclic amines) is 1. The van der Waals surface area contributed by atoms with Crippen LogP contribution in [-0.2, 0) is 6.54 Å². The van der Waals surface area contributed by atoms with Crippen LogP contribution in [-0.4, -0.2) is 50.9 Å². The summed E-state index contributed by atoms with van der Waals surface area (Å²) in [6, 6.07) is 1.74. The summed E-state index contributed by atoms with van der Waals surface area (Å²) in [6.07, 6.45) is 9.99. The van der Waals surface area contributed by atoms with Crippen LogP contribution in [0.5, 0.6) is 0 Å². The van der Waals surface area contributed by atoms with E-state index in [0.717, 1.165) is 50.3 Å². The lowest BCUT2D eigenvalue weighted by molar-refractivity contribution is 0.0786. The molecule has 7 nitrogen and oxygen atoms in total. The molecule has 1 N–H and O–H groups in total. The number of aromatic nitrogens is 3. The van der Waals surface area contributed by atoms with Gasteiger partial charge in [0.1, 0.15) is 5.69 Å². The van der Waals surface area contributed by atoms with Crippen LogP contribution in [0.25, 0.3) is 11.3 Å². The van der Waals surface area contributed by atoms with Crippen LogP contribution in [0.3, 0.4) is 0 Å². The van der Waals surface area contributed by atoms with Gasteiger partial charge >= 0.3 is 0 Å². The minimum atomic E-state index is -0.152. The Kier molecular flexibility index (Phi) is 5.53. The third kappa shape index (κ3) is 3.85. The van der Waals surface area contributed by atoms with Gasteiger partial charge in [-0.25, -0.2) is 0 Å². The molecule has 0 bridgehead atoms.